The summed E-state index contributed by atoms with van der Waals surface area (Å²) in [7, 11) is 0. The average Bonchev–Trinajstić information content (AvgIpc) is 2.47. The maximum absolute atomic E-state index is 11.9. The molecule has 5 heteroatoms. The number of para-hydroxylation sites is 1. The van der Waals surface area contributed by atoms with Gasteiger partial charge >= 0.3 is 0 Å². The monoisotopic (exact) mass is 312 g/mol. The molecule has 0 aromatic heterocycles. The average molecular weight is 313 g/mol. The number of halogens is 1. The zero-order chi connectivity index (χ0) is 15.8. The Hall–Kier alpha value is -1.26. The van der Waals surface area contributed by atoms with Gasteiger partial charge in [0.05, 0.1) is 5.02 Å². The number of ether oxygens (including phenoxy) is 1. The van der Waals surface area contributed by atoms with Crippen LogP contribution in [0.4, 0.5) is 0 Å². The van der Waals surface area contributed by atoms with E-state index >= 15 is 0 Å². The van der Waals surface area contributed by atoms with Gasteiger partial charge in [-0.3, -0.25) is 4.79 Å². The fourth-order valence-electron chi connectivity index (χ4n) is 1.90. The van der Waals surface area contributed by atoms with E-state index in [1.165, 1.54) is 0 Å². The molecule has 1 amide bonds. The number of benzene rings is 1. The zero-order valence-electron chi connectivity index (χ0n) is 13.0. The molecule has 0 saturated carbocycles. The van der Waals surface area contributed by atoms with Gasteiger partial charge in [-0.15, -0.1) is 0 Å². The van der Waals surface area contributed by atoms with Crippen molar-refractivity contribution in [3.05, 3.63) is 28.8 Å². The molecule has 1 aromatic carbocycles. The first-order valence-corrected chi connectivity index (χ1v) is 7.84. The smallest absolute Gasteiger partial charge is 0.260 e. The Kier molecular flexibility index (Phi) is 7.54. The third-order valence-electron chi connectivity index (χ3n) is 3.27. The molecule has 0 spiro atoms. The molecule has 0 bridgehead atoms. The van der Waals surface area contributed by atoms with E-state index in [1.807, 2.05) is 26.0 Å². The van der Waals surface area contributed by atoms with Crippen molar-refractivity contribution in [1.29, 1.82) is 0 Å². The van der Waals surface area contributed by atoms with Gasteiger partial charge in [-0.05, 0) is 37.8 Å². The standard InChI is InChI=1S/C16H25ClN2O2/c1-4-9-19-16(20)11(3)21-15-12(10-13(18)5-2)7-6-8-14(15)17/h6-8,11,13H,4-5,9-10,18H2,1-3H3,(H,19,20). The molecule has 3 N–H and O–H groups in total. The Morgan fingerprint density at radius 3 is 2.76 bits per heavy atom. The van der Waals surface area contributed by atoms with E-state index in [2.05, 4.69) is 5.32 Å². The predicted octanol–water partition coefficient (Wildman–Crippen LogP) is 2.91. The summed E-state index contributed by atoms with van der Waals surface area (Å²) in [6, 6.07) is 5.62. The highest BCUT2D eigenvalue weighted by Gasteiger charge is 2.18. The number of carbonyl (C=O) groups excluding carboxylic acids is 1. The van der Waals surface area contributed by atoms with Crippen LogP contribution in [-0.4, -0.2) is 24.6 Å². The molecule has 2 atom stereocenters. The Balaban J connectivity index is 2.83. The van der Waals surface area contributed by atoms with Crippen molar-refractivity contribution in [3.63, 3.8) is 0 Å². The minimum atomic E-state index is -0.590. The normalized spacial score (nSPS) is 13.6. The first-order chi connectivity index (χ1) is 9.99. The molecule has 0 radical (unpaired) electrons. The summed E-state index contributed by atoms with van der Waals surface area (Å²) in [6.07, 6.45) is 1.85. The van der Waals surface area contributed by atoms with Gasteiger partial charge in [0, 0.05) is 12.6 Å². The molecule has 0 aliphatic heterocycles. The molecule has 1 rings (SSSR count). The minimum Gasteiger partial charge on any atom is -0.479 e. The van der Waals surface area contributed by atoms with Crippen molar-refractivity contribution >= 4 is 17.5 Å². The first-order valence-electron chi connectivity index (χ1n) is 7.46. The molecule has 21 heavy (non-hydrogen) atoms. The Labute approximate surface area is 132 Å². The predicted molar refractivity (Wildman–Crippen MR) is 86.8 cm³/mol. The summed E-state index contributed by atoms with van der Waals surface area (Å²) in [6.45, 7) is 6.40. The van der Waals surface area contributed by atoms with Crippen LogP contribution in [0.25, 0.3) is 0 Å². The molecule has 4 nitrogen and oxygen atoms in total. The summed E-state index contributed by atoms with van der Waals surface area (Å²) < 4.78 is 5.78. The van der Waals surface area contributed by atoms with Gasteiger partial charge in [0.2, 0.25) is 0 Å². The van der Waals surface area contributed by atoms with E-state index in [1.54, 1.807) is 13.0 Å². The fraction of sp³-hybridized carbons (Fsp3) is 0.562. The van der Waals surface area contributed by atoms with Gasteiger partial charge in [0.1, 0.15) is 5.75 Å². The van der Waals surface area contributed by atoms with Crippen LogP contribution in [0.15, 0.2) is 18.2 Å². The van der Waals surface area contributed by atoms with Gasteiger partial charge in [-0.1, -0.05) is 37.6 Å². The molecule has 0 heterocycles. The number of amides is 1. The Morgan fingerprint density at radius 2 is 2.14 bits per heavy atom. The molecule has 0 saturated heterocycles. The van der Waals surface area contributed by atoms with Crippen molar-refractivity contribution < 1.29 is 9.53 Å². The van der Waals surface area contributed by atoms with Gasteiger partial charge in [-0.2, -0.15) is 0 Å². The van der Waals surface area contributed by atoms with E-state index in [9.17, 15) is 4.79 Å². The third-order valence-corrected chi connectivity index (χ3v) is 3.57. The van der Waals surface area contributed by atoms with Gasteiger partial charge in [0.25, 0.3) is 5.91 Å². The summed E-state index contributed by atoms with van der Waals surface area (Å²) >= 11 is 6.21. The molecule has 0 fully saturated rings. The summed E-state index contributed by atoms with van der Waals surface area (Å²) in [5.74, 6) is 0.421. The second-order valence-electron chi connectivity index (χ2n) is 5.15. The molecule has 118 valence electrons. The number of carbonyl (C=O) groups is 1. The number of nitrogens with two attached hydrogens (primary N) is 1. The van der Waals surface area contributed by atoms with Crippen LogP contribution in [0.1, 0.15) is 39.2 Å². The lowest BCUT2D eigenvalue weighted by atomic mass is 10.0. The van der Waals surface area contributed by atoms with Gasteiger partial charge < -0.3 is 15.8 Å². The van der Waals surface area contributed by atoms with E-state index in [0.29, 0.717) is 23.7 Å². The highest BCUT2D eigenvalue weighted by atomic mass is 35.5. The van der Waals surface area contributed by atoms with E-state index in [0.717, 1.165) is 18.4 Å². The molecular formula is C16H25ClN2O2. The van der Waals surface area contributed by atoms with Crippen LogP contribution < -0.4 is 15.8 Å². The van der Waals surface area contributed by atoms with Crippen molar-refractivity contribution in [1.82, 2.24) is 5.32 Å². The number of hydrogen-bond acceptors (Lipinski definition) is 3. The maximum Gasteiger partial charge on any atom is 0.260 e. The first kappa shape index (κ1) is 17.8. The quantitative estimate of drug-likeness (QED) is 0.775. The molecular weight excluding hydrogens is 288 g/mol. The minimum absolute atomic E-state index is 0.0510. The van der Waals surface area contributed by atoms with Gasteiger partial charge in [0.15, 0.2) is 6.10 Å². The van der Waals surface area contributed by atoms with Crippen LogP contribution in [0.2, 0.25) is 5.02 Å². The topological polar surface area (TPSA) is 64.3 Å². The Morgan fingerprint density at radius 1 is 1.43 bits per heavy atom. The van der Waals surface area contributed by atoms with Crippen molar-refractivity contribution in [3.8, 4) is 5.75 Å². The molecule has 1 aromatic rings. The van der Waals surface area contributed by atoms with Crippen LogP contribution in [0, 0.1) is 0 Å². The lowest BCUT2D eigenvalue weighted by molar-refractivity contribution is -0.127. The molecule has 2 unspecified atom stereocenters. The van der Waals surface area contributed by atoms with Crippen LogP contribution >= 0.6 is 11.6 Å². The number of nitrogens with one attached hydrogen (secondary N) is 1. The van der Waals surface area contributed by atoms with Gasteiger partial charge in [-0.25, -0.2) is 0 Å². The highest BCUT2D eigenvalue weighted by molar-refractivity contribution is 6.32. The third kappa shape index (κ3) is 5.56. The second-order valence-corrected chi connectivity index (χ2v) is 5.56. The summed E-state index contributed by atoms with van der Waals surface area (Å²) in [5.41, 5.74) is 6.94. The van der Waals surface area contributed by atoms with Crippen LogP contribution in [0.3, 0.4) is 0 Å². The van der Waals surface area contributed by atoms with Crippen molar-refractivity contribution in [2.24, 2.45) is 5.73 Å². The Bertz CT molecular complexity index is 466. The van der Waals surface area contributed by atoms with Crippen molar-refractivity contribution in [2.45, 2.75) is 52.2 Å². The number of hydrogen-bond donors (Lipinski definition) is 2. The highest BCUT2D eigenvalue weighted by Crippen LogP contribution is 2.30. The lowest BCUT2D eigenvalue weighted by Gasteiger charge is -2.19. The molecule has 0 aliphatic rings. The SMILES string of the molecule is CCCNC(=O)C(C)Oc1c(Cl)cccc1CC(N)CC. The van der Waals surface area contributed by atoms with Crippen LogP contribution in [-0.2, 0) is 11.2 Å². The lowest BCUT2D eigenvalue weighted by Crippen LogP contribution is -2.37. The zero-order valence-corrected chi connectivity index (χ0v) is 13.7. The fourth-order valence-corrected chi connectivity index (χ4v) is 2.13. The molecule has 0 aliphatic carbocycles. The van der Waals surface area contributed by atoms with Crippen molar-refractivity contribution in [2.75, 3.05) is 6.54 Å². The van der Waals surface area contributed by atoms with Crippen LogP contribution in [0.5, 0.6) is 5.75 Å². The summed E-state index contributed by atoms with van der Waals surface area (Å²) in [5, 5.41) is 3.32. The van der Waals surface area contributed by atoms with E-state index in [4.69, 9.17) is 22.1 Å². The van der Waals surface area contributed by atoms with E-state index in [-0.39, 0.29) is 11.9 Å². The van der Waals surface area contributed by atoms with E-state index < -0.39 is 6.10 Å². The number of rotatable bonds is 8. The largest absolute Gasteiger partial charge is 0.479 e. The summed E-state index contributed by atoms with van der Waals surface area (Å²) in [4.78, 5) is 11.9. The maximum atomic E-state index is 11.9. The second kappa shape index (κ2) is 8.90.